The number of nitrogens with zero attached hydrogens (tertiary/aromatic N) is 3. The molecule has 0 bridgehead atoms. The summed E-state index contributed by atoms with van der Waals surface area (Å²) in [6.45, 7) is 4.65. The molecule has 0 amide bonds. The van der Waals surface area contributed by atoms with Crippen LogP contribution in [0.4, 0.5) is 10.1 Å². The average Bonchev–Trinajstić information content (AvgIpc) is 2.96. The molecule has 2 heterocycles. The Morgan fingerprint density at radius 2 is 1.90 bits per heavy atom. The summed E-state index contributed by atoms with van der Waals surface area (Å²) in [6.07, 6.45) is 3.38. The molecule has 3 aromatic rings. The van der Waals surface area contributed by atoms with E-state index in [2.05, 4.69) is 47.4 Å². The van der Waals surface area contributed by atoms with Crippen molar-refractivity contribution in [3.63, 3.8) is 0 Å². The van der Waals surface area contributed by atoms with Gasteiger partial charge >= 0.3 is 0 Å². The fourth-order valence-corrected chi connectivity index (χ4v) is 3.75. The van der Waals surface area contributed by atoms with Crippen LogP contribution in [0.5, 0.6) is 0 Å². The van der Waals surface area contributed by atoms with Crippen LogP contribution in [0.25, 0.3) is 0 Å². The van der Waals surface area contributed by atoms with E-state index in [1.165, 1.54) is 34.0 Å². The molecule has 154 valence electrons. The summed E-state index contributed by atoms with van der Waals surface area (Å²) in [4.78, 5) is 17.4. The summed E-state index contributed by atoms with van der Waals surface area (Å²) in [6, 6.07) is 14.0. The molecule has 0 unspecified atom stereocenters. The maximum Gasteiger partial charge on any atom is 0.274 e. The molecule has 0 aliphatic carbocycles. The lowest BCUT2D eigenvalue weighted by Crippen LogP contribution is -2.23. The maximum absolute atomic E-state index is 13.0. The second-order valence-electron chi connectivity index (χ2n) is 7.57. The Kier molecular flexibility index (Phi) is 5.74. The van der Waals surface area contributed by atoms with Gasteiger partial charge < -0.3 is 5.32 Å². The molecule has 30 heavy (non-hydrogen) atoms. The zero-order valence-corrected chi connectivity index (χ0v) is 17.3. The minimum Gasteiger partial charge on any atom is -0.379 e. The molecular formula is C24H25FN4O. The zero-order chi connectivity index (χ0) is 21.1. The fraction of sp³-hybridized carbons (Fsp3) is 0.292. The van der Waals surface area contributed by atoms with E-state index in [0.29, 0.717) is 24.5 Å². The highest BCUT2D eigenvalue weighted by Gasteiger charge is 2.16. The zero-order valence-electron chi connectivity index (χ0n) is 17.3. The van der Waals surface area contributed by atoms with Gasteiger partial charge in [0.05, 0.1) is 18.0 Å². The molecule has 1 aliphatic rings. The molecule has 0 radical (unpaired) electrons. The Morgan fingerprint density at radius 1 is 1.10 bits per heavy atom. The molecule has 0 spiro atoms. The van der Waals surface area contributed by atoms with Crippen molar-refractivity contribution in [2.45, 2.75) is 46.1 Å². The quantitative estimate of drug-likeness (QED) is 0.683. The normalized spacial score (nSPS) is 13.4. The van der Waals surface area contributed by atoms with E-state index in [1.807, 2.05) is 0 Å². The highest BCUT2D eigenvalue weighted by molar-refractivity contribution is 6.00. The van der Waals surface area contributed by atoms with Crippen LogP contribution in [0, 0.1) is 12.7 Å². The predicted octanol–water partition coefficient (Wildman–Crippen LogP) is 4.45. The standard InChI is InChI=1S/C24H25FN4O/c1-3-17-7-8-18(13-16(17)2)22-5-4-6-23-27-21(14-24(30)29(23)28-22)15-26-20-11-9-19(25)10-12-20/h7-14,26H,3-6,15H2,1-2H3. The average molecular weight is 404 g/mol. The van der Waals surface area contributed by atoms with Gasteiger partial charge in [0.2, 0.25) is 0 Å². The Morgan fingerprint density at radius 3 is 2.63 bits per heavy atom. The topological polar surface area (TPSA) is 59.3 Å². The van der Waals surface area contributed by atoms with Gasteiger partial charge in [-0.05, 0) is 73.2 Å². The smallest absolute Gasteiger partial charge is 0.274 e. The van der Waals surface area contributed by atoms with Crippen molar-refractivity contribution in [1.82, 2.24) is 9.66 Å². The summed E-state index contributed by atoms with van der Waals surface area (Å²) < 4.78 is 14.5. The monoisotopic (exact) mass is 404 g/mol. The lowest BCUT2D eigenvalue weighted by atomic mass is 9.98. The number of rotatable bonds is 5. The Labute approximate surface area is 175 Å². The highest BCUT2D eigenvalue weighted by atomic mass is 19.1. The number of hydrogen-bond donors (Lipinski definition) is 1. The molecule has 2 aromatic carbocycles. The molecule has 5 nitrogen and oxygen atoms in total. The second-order valence-corrected chi connectivity index (χ2v) is 7.57. The number of halogens is 1. The summed E-state index contributed by atoms with van der Waals surface area (Å²) in [5, 5.41) is 7.85. The molecule has 0 fully saturated rings. The number of aryl methyl sites for hydroxylation is 3. The van der Waals surface area contributed by atoms with Crippen molar-refractivity contribution < 1.29 is 4.39 Å². The van der Waals surface area contributed by atoms with E-state index in [9.17, 15) is 9.18 Å². The van der Waals surface area contributed by atoms with Crippen LogP contribution >= 0.6 is 0 Å². The van der Waals surface area contributed by atoms with Crippen LogP contribution in [0.1, 0.15) is 48.0 Å². The van der Waals surface area contributed by atoms with E-state index in [1.54, 1.807) is 12.1 Å². The SMILES string of the molecule is CCc1ccc(C2=Nn3c(nc(CNc4ccc(F)cc4)cc3=O)CCC2)cc1C. The Bertz CT molecular complexity index is 1150. The van der Waals surface area contributed by atoms with Crippen LogP contribution in [-0.4, -0.2) is 15.4 Å². The number of hydrogen-bond acceptors (Lipinski definition) is 4. The number of nitrogens with one attached hydrogen (secondary N) is 1. The van der Waals surface area contributed by atoms with Gasteiger partial charge in [-0.15, -0.1) is 0 Å². The lowest BCUT2D eigenvalue weighted by Gasteiger charge is -2.10. The van der Waals surface area contributed by atoms with Gasteiger partial charge in [0.15, 0.2) is 0 Å². The van der Waals surface area contributed by atoms with Crippen molar-refractivity contribution in [2.24, 2.45) is 5.10 Å². The maximum atomic E-state index is 13.0. The third-order valence-electron chi connectivity index (χ3n) is 5.43. The van der Waals surface area contributed by atoms with Crippen LogP contribution in [0.3, 0.4) is 0 Å². The van der Waals surface area contributed by atoms with Gasteiger partial charge in [-0.3, -0.25) is 4.79 Å². The third-order valence-corrected chi connectivity index (χ3v) is 5.43. The van der Waals surface area contributed by atoms with Crippen LogP contribution < -0.4 is 10.9 Å². The van der Waals surface area contributed by atoms with Crippen molar-refractivity contribution in [2.75, 3.05) is 5.32 Å². The van der Waals surface area contributed by atoms with Crippen molar-refractivity contribution in [3.05, 3.63) is 92.9 Å². The van der Waals surface area contributed by atoms with E-state index in [4.69, 9.17) is 0 Å². The van der Waals surface area contributed by atoms with E-state index in [-0.39, 0.29) is 11.4 Å². The summed E-state index contributed by atoms with van der Waals surface area (Å²) in [5.41, 5.74) is 5.79. The molecule has 0 saturated carbocycles. The highest BCUT2D eigenvalue weighted by Crippen LogP contribution is 2.18. The molecule has 0 saturated heterocycles. The lowest BCUT2D eigenvalue weighted by molar-refractivity contribution is 0.628. The molecule has 1 aliphatic heterocycles. The van der Waals surface area contributed by atoms with Gasteiger partial charge in [-0.25, -0.2) is 9.37 Å². The Balaban J connectivity index is 1.60. The number of aromatic nitrogens is 2. The molecule has 1 aromatic heterocycles. The van der Waals surface area contributed by atoms with Crippen LogP contribution in [0.15, 0.2) is 58.4 Å². The van der Waals surface area contributed by atoms with E-state index in [0.717, 1.165) is 36.2 Å². The third kappa shape index (κ3) is 4.32. The van der Waals surface area contributed by atoms with Gasteiger partial charge in [0.1, 0.15) is 11.6 Å². The summed E-state index contributed by atoms with van der Waals surface area (Å²) in [7, 11) is 0. The van der Waals surface area contributed by atoms with E-state index < -0.39 is 0 Å². The van der Waals surface area contributed by atoms with Crippen molar-refractivity contribution >= 4 is 11.4 Å². The number of anilines is 1. The van der Waals surface area contributed by atoms with Crippen molar-refractivity contribution in [1.29, 1.82) is 0 Å². The van der Waals surface area contributed by atoms with Crippen LogP contribution in [0.2, 0.25) is 0 Å². The summed E-state index contributed by atoms with van der Waals surface area (Å²) in [5.74, 6) is 0.394. The summed E-state index contributed by atoms with van der Waals surface area (Å²) >= 11 is 0. The first kappa shape index (κ1) is 20.0. The molecule has 0 atom stereocenters. The van der Waals surface area contributed by atoms with Gasteiger partial charge in [0, 0.05) is 18.2 Å². The number of benzene rings is 2. The van der Waals surface area contributed by atoms with Crippen molar-refractivity contribution in [3.8, 4) is 0 Å². The second kappa shape index (κ2) is 8.61. The first-order chi connectivity index (χ1) is 14.5. The molecule has 4 rings (SSSR count). The number of fused-ring (bicyclic) bond motifs is 1. The van der Waals surface area contributed by atoms with Gasteiger partial charge in [-0.1, -0.05) is 19.1 Å². The molecule has 1 N–H and O–H groups in total. The molecular weight excluding hydrogens is 379 g/mol. The largest absolute Gasteiger partial charge is 0.379 e. The molecule has 6 heteroatoms. The first-order valence-electron chi connectivity index (χ1n) is 10.3. The van der Waals surface area contributed by atoms with Crippen LogP contribution in [-0.2, 0) is 19.4 Å². The Hall–Kier alpha value is -3.28. The predicted molar refractivity (Wildman–Crippen MR) is 118 cm³/mol. The van der Waals surface area contributed by atoms with Gasteiger partial charge in [-0.2, -0.15) is 9.78 Å². The minimum absolute atomic E-state index is 0.183. The fourth-order valence-electron chi connectivity index (χ4n) is 3.75. The van der Waals surface area contributed by atoms with E-state index >= 15 is 0 Å². The minimum atomic E-state index is -0.282. The first-order valence-corrected chi connectivity index (χ1v) is 10.3. The van der Waals surface area contributed by atoms with Gasteiger partial charge in [0.25, 0.3) is 5.56 Å².